The maximum Gasteiger partial charge on any atom is 0.417 e. The molecule has 11 heteroatoms. The number of carboxylic acids is 1. The van der Waals surface area contributed by atoms with Crippen LogP contribution in [0.25, 0.3) is 0 Å². The number of halogens is 4. The van der Waals surface area contributed by atoms with E-state index in [9.17, 15) is 27.9 Å². The minimum absolute atomic E-state index is 0.0880. The molecule has 0 spiro atoms. The number of aryl methyl sites for hydroxylation is 2. The van der Waals surface area contributed by atoms with Crippen LogP contribution in [0, 0.1) is 0 Å². The van der Waals surface area contributed by atoms with Gasteiger partial charge in [0.05, 0.1) is 23.0 Å². The van der Waals surface area contributed by atoms with Gasteiger partial charge in [0.2, 0.25) is 0 Å². The van der Waals surface area contributed by atoms with Crippen LogP contribution in [0.1, 0.15) is 47.7 Å². The molecule has 2 aliphatic rings. The van der Waals surface area contributed by atoms with Crippen LogP contribution in [0.5, 0.6) is 0 Å². The number of nitrogens with one attached hydrogen (secondary N) is 1. The highest BCUT2D eigenvalue weighted by molar-refractivity contribution is 6.31. The number of urea groups is 1. The Morgan fingerprint density at radius 3 is 2.77 bits per heavy atom. The van der Waals surface area contributed by atoms with Crippen molar-refractivity contribution in [1.82, 2.24) is 14.8 Å². The van der Waals surface area contributed by atoms with Crippen molar-refractivity contribution in [2.75, 3.05) is 31.5 Å². The molecular formula is C24H26ClF3N4O3. The molecule has 2 amide bonds. The van der Waals surface area contributed by atoms with Crippen molar-refractivity contribution >= 4 is 29.4 Å². The van der Waals surface area contributed by atoms with E-state index in [4.69, 9.17) is 11.6 Å². The van der Waals surface area contributed by atoms with Gasteiger partial charge in [-0.25, -0.2) is 9.78 Å². The van der Waals surface area contributed by atoms with Gasteiger partial charge in [0.25, 0.3) is 0 Å². The largest absolute Gasteiger partial charge is 0.481 e. The number of hydrogen-bond acceptors (Lipinski definition) is 4. The molecule has 35 heavy (non-hydrogen) atoms. The number of amides is 2. The first kappa shape index (κ1) is 25.1. The second-order valence-electron chi connectivity index (χ2n) is 8.76. The van der Waals surface area contributed by atoms with Crippen molar-refractivity contribution in [2.24, 2.45) is 0 Å². The van der Waals surface area contributed by atoms with Crippen molar-refractivity contribution in [1.29, 1.82) is 0 Å². The van der Waals surface area contributed by atoms with Gasteiger partial charge in [-0.3, -0.25) is 4.79 Å². The molecule has 1 aromatic heterocycles. The zero-order valence-corrected chi connectivity index (χ0v) is 19.7. The second kappa shape index (κ2) is 10.3. The van der Waals surface area contributed by atoms with Crippen LogP contribution in [0.15, 0.2) is 30.3 Å². The summed E-state index contributed by atoms with van der Waals surface area (Å²) in [5.41, 5.74) is 1.16. The van der Waals surface area contributed by atoms with Crippen LogP contribution in [0.4, 0.5) is 23.8 Å². The predicted molar refractivity (Wildman–Crippen MR) is 124 cm³/mol. The quantitative estimate of drug-likeness (QED) is 0.522. The van der Waals surface area contributed by atoms with Gasteiger partial charge in [0.15, 0.2) is 0 Å². The molecule has 2 N–H and O–H groups in total. The maximum absolute atomic E-state index is 13.3. The molecule has 0 aliphatic carbocycles. The number of alkyl halides is 3. The molecule has 1 saturated heterocycles. The fraction of sp³-hybridized carbons (Fsp3) is 0.458. The number of pyridine rings is 1. The summed E-state index contributed by atoms with van der Waals surface area (Å²) in [5, 5.41) is 12.2. The Morgan fingerprint density at radius 1 is 1.23 bits per heavy atom. The molecule has 188 valence electrons. The number of carbonyl (C=O) groups is 2. The highest BCUT2D eigenvalue weighted by Crippen LogP contribution is 2.38. The van der Waals surface area contributed by atoms with Crippen LogP contribution in [0.3, 0.4) is 0 Å². The summed E-state index contributed by atoms with van der Waals surface area (Å²) >= 11 is 5.72. The molecule has 2 aliphatic heterocycles. The molecule has 1 atom stereocenters. The van der Waals surface area contributed by atoms with E-state index in [1.807, 2.05) is 6.07 Å². The summed E-state index contributed by atoms with van der Waals surface area (Å²) in [6.07, 6.45) is -1.79. The number of hydrogen-bond donors (Lipinski definition) is 2. The molecule has 0 saturated carbocycles. The van der Waals surface area contributed by atoms with Crippen LogP contribution < -0.4 is 5.32 Å². The van der Waals surface area contributed by atoms with Gasteiger partial charge in [0.1, 0.15) is 5.82 Å². The fourth-order valence-electron chi connectivity index (χ4n) is 4.60. The van der Waals surface area contributed by atoms with Gasteiger partial charge >= 0.3 is 18.2 Å². The van der Waals surface area contributed by atoms with Crippen LogP contribution >= 0.6 is 11.6 Å². The third-order valence-electron chi connectivity index (χ3n) is 6.36. The van der Waals surface area contributed by atoms with Crippen LogP contribution in [-0.2, 0) is 23.8 Å². The Bertz CT molecular complexity index is 1110. The molecule has 2 aromatic rings. The van der Waals surface area contributed by atoms with E-state index < -0.39 is 35.2 Å². The Labute approximate surface area is 205 Å². The minimum Gasteiger partial charge on any atom is -0.481 e. The highest BCUT2D eigenvalue weighted by atomic mass is 35.5. The van der Waals surface area contributed by atoms with Gasteiger partial charge in [-0.2, -0.15) is 13.2 Å². The van der Waals surface area contributed by atoms with E-state index in [0.29, 0.717) is 25.9 Å². The van der Waals surface area contributed by atoms with Gasteiger partial charge in [0, 0.05) is 31.9 Å². The van der Waals surface area contributed by atoms with Gasteiger partial charge in [-0.05, 0) is 55.0 Å². The van der Waals surface area contributed by atoms with Crippen molar-refractivity contribution < 1.29 is 27.9 Å². The lowest BCUT2D eigenvalue weighted by molar-refractivity contribution is -0.138. The minimum atomic E-state index is -4.69. The number of aromatic nitrogens is 1. The van der Waals surface area contributed by atoms with Crippen LogP contribution in [0.2, 0.25) is 5.02 Å². The molecule has 0 radical (unpaired) electrons. The van der Waals surface area contributed by atoms with E-state index in [0.717, 1.165) is 43.0 Å². The SMILES string of the molecule is O=C(O)C[C@@H](c1ccc(Cl)c(C(F)(F)F)c1)N1CCN(CCCc2ccc3c(n2)NCCC3)C1=O. The lowest BCUT2D eigenvalue weighted by Crippen LogP contribution is -2.36. The first-order valence-corrected chi connectivity index (χ1v) is 11.9. The van der Waals surface area contributed by atoms with Crippen molar-refractivity contribution in [2.45, 2.75) is 44.3 Å². The first-order valence-electron chi connectivity index (χ1n) is 11.5. The van der Waals surface area contributed by atoms with E-state index in [-0.39, 0.29) is 18.1 Å². The van der Waals surface area contributed by atoms with Gasteiger partial charge < -0.3 is 20.2 Å². The monoisotopic (exact) mass is 510 g/mol. The van der Waals surface area contributed by atoms with Crippen molar-refractivity contribution in [3.8, 4) is 0 Å². The number of benzene rings is 1. The Kier molecular flexibility index (Phi) is 7.39. The average Bonchev–Trinajstić information content (AvgIpc) is 3.17. The lowest BCUT2D eigenvalue weighted by atomic mass is 9.99. The zero-order valence-electron chi connectivity index (χ0n) is 18.9. The zero-order chi connectivity index (χ0) is 25.2. The smallest absolute Gasteiger partial charge is 0.417 e. The number of carboxylic acid groups (broad SMARTS) is 1. The number of anilines is 1. The Morgan fingerprint density at radius 2 is 2.03 bits per heavy atom. The summed E-state index contributed by atoms with van der Waals surface area (Å²) < 4.78 is 40.0. The second-order valence-corrected chi connectivity index (χ2v) is 9.17. The molecule has 3 heterocycles. The summed E-state index contributed by atoms with van der Waals surface area (Å²) in [4.78, 5) is 32.2. The standard InChI is InChI=1S/C24H26ClF3N4O3/c25-19-8-6-16(13-18(19)24(26,27)28)20(14-21(33)34)32-12-11-31(23(32)35)10-2-4-17-7-5-15-3-1-9-29-22(15)30-17/h5-8,13,20H,1-4,9-12,14H2,(H,29,30)(H,33,34)/t20-/m0/s1. The van der Waals surface area contributed by atoms with E-state index in [1.54, 1.807) is 4.90 Å². The molecule has 1 fully saturated rings. The van der Waals surface area contributed by atoms with Crippen LogP contribution in [-0.4, -0.2) is 58.1 Å². The molecule has 1 aromatic carbocycles. The number of rotatable bonds is 8. The number of carbonyl (C=O) groups excluding carboxylic acids is 1. The Balaban J connectivity index is 1.43. The predicted octanol–water partition coefficient (Wildman–Crippen LogP) is 5.00. The summed E-state index contributed by atoms with van der Waals surface area (Å²) in [6.45, 7) is 1.93. The summed E-state index contributed by atoms with van der Waals surface area (Å²) in [6, 6.07) is 5.92. The third-order valence-corrected chi connectivity index (χ3v) is 6.69. The third kappa shape index (κ3) is 5.80. The Hall–Kier alpha value is -3.01. The van der Waals surface area contributed by atoms with Gasteiger partial charge in [-0.15, -0.1) is 0 Å². The lowest BCUT2D eigenvalue weighted by Gasteiger charge is -2.28. The summed E-state index contributed by atoms with van der Waals surface area (Å²) in [7, 11) is 0. The molecule has 0 bridgehead atoms. The number of fused-ring (bicyclic) bond motifs is 1. The number of nitrogens with zero attached hydrogens (tertiary/aromatic N) is 3. The maximum atomic E-state index is 13.3. The average molecular weight is 511 g/mol. The van der Waals surface area contributed by atoms with E-state index in [1.165, 1.54) is 16.5 Å². The molecule has 4 rings (SSSR count). The molecule has 7 nitrogen and oxygen atoms in total. The van der Waals surface area contributed by atoms with Crippen molar-refractivity contribution in [3.63, 3.8) is 0 Å². The molecule has 0 unspecified atom stereocenters. The molecular weight excluding hydrogens is 485 g/mol. The fourth-order valence-corrected chi connectivity index (χ4v) is 4.82. The summed E-state index contributed by atoms with van der Waals surface area (Å²) in [5.74, 6) is -0.299. The number of aliphatic carboxylic acids is 1. The first-order chi connectivity index (χ1) is 16.6. The highest BCUT2D eigenvalue weighted by Gasteiger charge is 2.38. The van der Waals surface area contributed by atoms with Crippen molar-refractivity contribution in [3.05, 3.63) is 57.7 Å². The van der Waals surface area contributed by atoms with E-state index in [2.05, 4.69) is 16.4 Å². The normalized spacial score (nSPS) is 16.7. The topological polar surface area (TPSA) is 85.8 Å². The van der Waals surface area contributed by atoms with Gasteiger partial charge in [-0.1, -0.05) is 23.7 Å². The van der Waals surface area contributed by atoms with E-state index >= 15 is 0 Å².